The number of rotatable bonds is 3. The van der Waals surface area contributed by atoms with Crippen molar-refractivity contribution < 1.29 is 4.79 Å². The predicted molar refractivity (Wildman–Crippen MR) is 86.5 cm³/mol. The van der Waals surface area contributed by atoms with Gasteiger partial charge in [0.2, 0.25) is 0 Å². The van der Waals surface area contributed by atoms with Gasteiger partial charge in [-0.1, -0.05) is 48.5 Å². The largest absolute Gasteiger partial charge is 0.365 e. The van der Waals surface area contributed by atoms with Crippen LogP contribution in [0, 0.1) is 11.3 Å². The Morgan fingerprint density at radius 3 is 2.45 bits per heavy atom. The molecule has 106 valence electrons. The van der Waals surface area contributed by atoms with Crippen molar-refractivity contribution in [2.75, 3.05) is 0 Å². The lowest BCUT2D eigenvalue weighted by atomic mass is 10.0. The van der Waals surface area contributed by atoms with Gasteiger partial charge in [-0.25, -0.2) is 0 Å². The Hall–Kier alpha value is -3.32. The van der Waals surface area contributed by atoms with Gasteiger partial charge in [0.1, 0.15) is 11.6 Å². The van der Waals surface area contributed by atoms with Crippen LogP contribution in [0.4, 0.5) is 0 Å². The first kappa shape index (κ1) is 13.7. The van der Waals surface area contributed by atoms with Crippen LogP contribution in [0.1, 0.15) is 5.56 Å². The highest BCUT2D eigenvalue weighted by Gasteiger charge is 2.13. The quantitative estimate of drug-likeness (QED) is 0.572. The van der Waals surface area contributed by atoms with Gasteiger partial charge in [0.15, 0.2) is 0 Å². The summed E-state index contributed by atoms with van der Waals surface area (Å²) in [5.74, 6) is -0.730. The van der Waals surface area contributed by atoms with E-state index in [1.54, 1.807) is 6.08 Å². The van der Waals surface area contributed by atoms with E-state index in [0.717, 1.165) is 27.7 Å². The minimum atomic E-state index is -0.730. The van der Waals surface area contributed by atoms with Crippen LogP contribution < -0.4 is 5.73 Å². The van der Waals surface area contributed by atoms with Crippen LogP contribution in [0.25, 0.3) is 28.2 Å². The number of H-pyrrole nitrogens is 1. The van der Waals surface area contributed by atoms with Gasteiger partial charge in [-0.3, -0.25) is 4.79 Å². The number of primary amides is 1. The third-order valence-corrected chi connectivity index (χ3v) is 3.48. The summed E-state index contributed by atoms with van der Waals surface area (Å²) in [6.45, 7) is 0. The predicted octanol–water partition coefficient (Wildman–Crippen LogP) is 3.23. The maximum atomic E-state index is 11.4. The first-order valence-electron chi connectivity index (χ1n) is 6.78. The highest BCUT2D eigenvalue weighted by molar-refractivity contribution is 6.05. The number of nitriles is 1. The topological polar surface area (TPSA) is 82.7 Å². The number of aromatic nitrogens is 1. The number of carbonyl (C=O) groups is 1. The van der Waals surface area contributed by atoms with Gasteiger partial charge in [-0.05, 0) is 17.7 Å². The standard InChI is InChI=1S/C18H13N3O/c19-11-13(18(20)22)10-15-14-8-4-5-9-16(14)21-17(15)12-6-2-1-3-7-12/h1-10,21H,(H2,20,22). The molecule has 1 aromatic heterocycles. The van der Waals surface area contributed by atoms with Crippen molar-refractivity contribution in [1.82, 2.24) is 4.98 Å². The van der Waals surface area contributed by atoms with Crippen LogP contribution in [-0.4, -0.2) is 10.9 Å². The zero-order chi connectivity index (χ0) is 15.5. The van der Waals surface area contributed by atoms with Crippen molar-refractivity contribution in [3.63, 3.8) is 0 Å². The van der Waals surface area contributed by atoms with E-state index in [2.05, 4.69) is 4.98 Å². The normalized spacial score (nSPS) is 11.3. The van der Waals surface area contributed by atoms with Gasteiger partial charge >= 0.3 is 0 Å². The van der Waals surface area contributed by atoms with E-state index < -0.39 is 5.91 Å². The minimum absolute atomic E-state index is 0.0677. The van der Waals surface area contributed by atoms with E-state index in [1.165, 1.54) is 0 Å². The number of hydrogen-bond acceptors (Lipinski definition) is 2. The Morgan fingerprint density at radius 2 is 1.77 bits per heavy atom. The molecule has 0 radical (unpaired) electrons. The van der Waals surface area contributed by atoms with Crippen LogP contribution in [0.3, 0.4) is 0 Å². The monoisotopic (exact) mass is 287 g/mol. The van der Waals surface area contributed by atoms with E-state index in [-0.39, 0.29) is 5.57 Å². The molecule has 3 rings (SSSR count). The van der Waals surface area contributed by atoms with Gasteiger partial charge in [0.05, 0.1) is 5.69 Å². The molecule has 0 bridgehead atoms. The molecule has 0 saturated heterocycles. The maximum Gasteiger partial charge on any atom is 0.259 e. The molecule has 0 unspecified atom stereocenters. The summed E-state index contributed by atoms with van der Waals surface area (Å²) in [7, 11) is 0. The molecule has 0 spiro atoms. The number of hydrogen-bond donors (Lipinski definition) is 2. The summed E-state index contributed by atoms with van der Waals surface area (Å²) in [6.07, 6.45) is 1.55. The average molecular weight is 287 g/mol. The Labute approximate surface area is 127 Å². The Balaban J connectivity index is 2.32. The zero-order valence-electron chi connectivity index (χ0n) is 11.7. The molecule has 0 aliphatic rings. The third kappa shape index (κ3) is 2.36. The Morgan fingerprint density at radius 1 is 1.09 bits per heavy atom. The summed E-state index contributed by atoms with van der Waals surface area (Å²) in [5, 5.41) is 10.0. The molecular formula is C18H13N3O. The molecule has 22 heavy (non-hydrogen) atoms. The average Bonchev–Trinajstić information content (AvgIpc) is 2.91. The molecule has 0 fully saturated rings. The van der Waals surface area contributed by atoms with Gasteiger partial charge in [-0.2, -0.15) is 5.26 Å². The van der Waals surface area contributed by atoms with Crippen LogP contribution in [-0.2, 0) is 4.79 Å². The lowest BCUT2D eigenvalue weighted by Crippen LogP contribution is -2.12. The van der Waals surface area contributed by atoms with Crippen LogP contribution in [0.2, 0.25) is 0 Å². The minimum Gasteiger partial charge on any atom is -0.365 e. The van der Waals surface area contributed by atoms with Gasteiger partial charge in [0.25, 0.3) is 5.91 Å². The van der Waals surface area contributed by atoms with Crippen molar-refractivity contribution in [3.05, 3.63) is 65.7 Å². The summed E-state index contributed by atoms with van der Waals surface area (Å²) >= 11 is 0. The number of carbonyl (C=O) groups excluding carboxylic acids is 1. The molecule has 4 nitrogen and oxygen atoms in total. The molecule has 1 amide bonds. The highest BCUT2D eigenvalue weighted by Crippen LogP contribution is 2.31. The number of aromatic amines is 1. The number of nitrogens with one attached hydrogen (secondary N) is 1. The van der Waals surface area contributed by atoms with Crippen LogP contribution >= 0.6 is 0 Å². The van der Waals surface area contributed by atoms with E-state index in [4.69, 9.17) is 11.0 Å². The maximum absolute atomic E-state index is 11.4. The highest BCUT2D eigenvalue weighted by atomic mass is 16.1. The second-order valence-corrected chi connectivity index (χ2v) is 4.86. The Bertz CT molecular complexity index is 914. The lowest BCUT2D eigenvalue weighted by Gasteiger charge is -2.01. The van der Waals surface area contributed by atoms with Crippen molar-refractivity contribution >= 4 is 22.9 Å². The first-order valence-corrected chi connectivity index (χ1v) is 6.78. The number of nitrogens with zero attached hydrogens (tertiary/aromatic N) is 1. The SMILES string of the molecule is N#CC(=Cc1c(-c2ccccc2)[nH]c2ccccc12)C(N)=O. The van der Waals surface area contributed by atoms with Crippen molar-refractivity contribution in [3.8, 4) is 17.3 Å². The van der Waals surface area contributed by atoms with E-state index in [1.807, 2.05) is 60.7 Å². The smallest absolute Gasteiger partial charge is 0.259 e. The zero-order valence-corrected chi connectivity index (χ0v) is 11.7. The van der Waals surface area contributed by atoms with E-state index in [0.29, 0.717) is 0 Å². The van der Waals surface area contributed by atoms with Gasteiger partial charge < -0.3 is 10.7 Å². The second-order valence-electron chi connectivity index (χ2n) is 4.86. The summed E-state index contributed by atoms with van der Waals surface area (Å²) in [5.41, 5.74) is 8.75. The van der Waals surface area contributed by atoms with Gasteiger partial charge in [0, 0.05) is 16.5 Å². The number of nitrogens with two attached hydrogens (primary N) is 1. The summed E-state index contributed by atoms with van der Waals surface area (Å²) in [6, 6.07) is 19.4. The molecule has 3 aromatic rings. The lowest BCUT2D eigenvalue weighted by molar-refractivity contribution is -0.114. The number of amides is 1. The molecule has 0 atom stereocenters. The number of fused-ring (bicyclic) bond motifs is 1. The molecule has 1 heterocycles. The molecule has 0 saturated carbocycles. The van der Waals surface area contributed by atoms with E-state index in [9.17, 15) is 4.79 Å². The molecule has 0 aliphatic heterocycles. The second kappa shape index (κ2) is 5.58. The summed E-state index contributed by atoms with van der Waals surface area (Å²) in [4.78, 5) is 14.7. The third-order valence-electron chi connectivity index (χ3n) is 3.48. The number of para-hydroxylation sites is 1. The molecule has 4 heteroatoms. The molecular weight excluding hydrogens is 274 g/mol. The first-order chi connectivity index (χ1) is 10.7. The van der Waals surface area contributed by atoms with E-state index >= 15 is 0 Å². The van der Waals surface area contributed by atoms with Crippen molar-refractivity contribution in [2.24, 2.45) is 5.73 Å². The Kier molecular flexibility index (Phi) is 3.47. The fraction of sp³-hybridized carbons (Fsp3) is 0. The number of benzene rings is 2. The van der Waals surface area contributed by atoms with Crippen molar-refractivity contribution in [1.29, 1.82) is 5.26 Å². The molecule has 2 aromatic carbocycles. The van der Waals surface area contributed by atoms with Crippen molar-refractivity contribution in [2.45, 2.75) is 0 Å². The fourth-order valence-electron chi connectivity index (χ4n) is 2.45. The molecule has 3 N–H and O–H groups in total. The summed E-state index contributed by atoms with van der Waals surface area (Å²) < 4.78 is 0. The van der Waals surface area contributed by atoms with Crippen LogP contribution in [0.5, 0.6) is 0 Å². The fourth-order valence-corrected chi connectivity index (χ4v) is 2.45. The van der Waals surface area contributed by atoms with Gasteiger partial charge in [-0.15, -0.1) is 0 Å². The molecule has 0 aliphatic carbocycles. The van der Waals surface area contributed by atoms with Crippen LogP contribution in [0.15, 0.2) is 60.2 Å².